The van der Waals surface area contributed by atoms with Crippen molar-refractivity contribution in [1.29, 1.82) is 0 Å². The third-order valence-electron chi connectivity index (χ3n) is 8.58. The Bertz CT molecular complexity index is 837. The second-order valence-electron chi connectivity index (χ2n) is 12.0. The van der Waals surface area contributed by atoms with E-state index in [1.54, 1.807) is 0 Å². The molecule has 0 bridgehead atoms. The molecule has 1 aromatic rings. The third kappa shape index (κ3) is 10.1. The molecule has 3 rings (SSSR count). The maximum atomic E-state index is 13.7. The summed E-state index contributed by atoms with van der Waals surface area (Å²) in [6.07, 6.45) is 12.8. The van der Waals surface area contributed by atoms with Crippen LogP contribution >= 0.6 is 0 Å². The summed E-state index contributed by atoms with van der Waals surface area (Å²) in [5.41, 5.74) is 3.67. The minimum atomic E-state index is -0.197. The zero-order valence-corrected chi connectivity index (χ0v) is 24.5. The van der Waals surface area contributed by atoms with Crippen molar-refractivity contribution in [2.24, 2.45) is 23.7 Å². The normalized spacial score (nSPS) is 23.8. The van der Waals surface area contributed by atoms with Crippen LogP contribution in [0.3, 0.4) is 0 Å². The lowest BCUT2D eigenvalue weighted by Crippen LogP contribution is -2.29. The van der Waals surface area contributed by atoms with E-state index in [0.29, 0.717) is 43.0 Å². The van der Waals surface area contributed by atoms with Gasteiger partial charge in [0.15, 0.2) is 0 Å². The van der Waals surface area contributed by atoms with Crippen molar-refractivity contribution in [3.63, 3.8) is 0 Å². The molecule has 1 saturated heterocycles. The van der Waals surface area contributed by atoms with E-state index in [4.69, 9.17) is 14.2 Å². The van der Waals surface area contributed by atoms with E-state index in [1.807, 2.05) is 0 Å². The van der Waals surface area contributed by atoms with Crippen molar-refractivity contribution in [1.82, 2.24) is 0 Å². The van der Waals surface area contributed by atoms with Crippen LogP contribution in [0, 0.1) is 37.5 Å². The monoisotopic (exact) mass is 528 g/mol. The van der Waals surface area contributed by atoms with Crippen molar-refractivity contribution in [3.05, 3.63) is 34.9 Å². The summed E-state index contributed by atoms with van der Waals surface area (Å²) < 4.78 is 17.1. The highest BCUT2D eigenvalue weighted by Gasteiger charge is 2.34. The van der Waals surface area contributed by atoms with Gasteiger partial charge in [-0.2, -0.15) is 0 Å². The lowest BCUT2D eigenvalue weighted by Gasteiger charge is -2.35. The molecule has 0 radical (unpaired) electrons. The molecule has 214 valence electrons. The average molecular weight is 529 g/mol. The van der Waals surface area contributed by atoms with E-state index in [1.165, 1.54) is 43.1 Å². The number of aryl methyl sites for hydroxylation is 2. The van der Waals surface area contributed by atoms with Gasteiger partial charge in [0.05, 0.1) is 13.2 Å². The molecule has 5 heteroatoms. The van der Waals surface area contributed by atoms with Gasteiger partial charge in [0.25, 0.3) is 0 Å². The first-order valence-corrected chi connectivity index (χ1v) is 15.3. The van der Waals surface area contributed by atoms with Crippen LogP contribution in [-0.2, 0) is 23.8 Å². The molecule has 38 heavy (non-hydrogen) atoms. The molecule has 0 N–H and O–H groups in total. The van der Waals surface area contributed by atoms with Gasteiger partial charge in [0.2, 0.25) is 0 Å². The Labute approximate surface area is 231 Å². The third-order valence-corrected chi connectivity index (χ3v) is 8.58. The molecule has 1 aliphatic heterocycles. The summed E-state index contributed by atoms with van der Waals surface area (Å²) in [6, 6.07) is 6.66. The Kier molecular flexibility index (Phi) is 13.3. The SMILES string of the molecule is CCCC(CC(=O)C1CCCC(C(OCCCC(=O)OC)c2cc(C)cc(C)c2)C1)CC1CCCCOC1. The Morgan fingerprint density at radius 2 is 1.84 bits per heavy atom. The maximum Gasteiger partial charge on any atom is 0.305 e. The van der Waals surface area contributed by atoms with Gasteiger partial charge in [-0.1, -0.05) is 61.9 Å². The zero-order valence-electron chi connectivity index (χ0n) is 24.5. The number of ether oxygens (including phenoxy) is 3. The van der Waals surface area contributed by atoms with Crippen LogP contribution < -0.4 is 0 Å². The van der Waals surface area contributed by atoms with Gasteiger partial charge in [0.1, 0.15) is 5.78 Å². The number of Topliss-reactive ketones (excluding diaryl/α,β-unsaturated/α-hetero) is 1. The molecule has 0 spiro atoms. The molecule has 1 aromatic carbocycles. The first kappa shape index (κ1) is 30.8. The van der Waals surface area contributed by atoms with Crippen LogP contribution in [0.15, 0.2) is 18.2 Å². The average Bonchev–Trinajstić information content (AvgIpc) is 3.16. The molecule has 5 nitrogen and oxygen atoms in total. The number of ketones is 1. The maximum absolute atomic E-state index is 13.7. The Morgan fingerprint density at radius 3 is 2.58 bits per heavy atom. The molecular weight excluding hydrogens is 476 g/mol. The number of hydrogen-bond acceptors (Lipinski definition) is 5. The highest BCUT2D eigenvalue weighted by atomic mass is 16.5. The quantitative estimate of drug-likeness (QED) is 0.183. The van der Waals surface area contributed by atoms with E-state index < -0.39 is 0 Å². The molecule has 5 atom stereocenters. The lowest BCUT2D eigenvalue weighted by atomic mass is 9.73. The van der Waals surface area contributed by atoms with Crippen molar-refractivity contribution < 1.29 is 23.8 Å². The van der Waals surface area contributed by atoms with Crippen molar-refractivity contribution in [2.75, 3.05) is 26.9 Å². The van der Waals surface area contributed by atoms with Gasteiger partial charge in [-0.05, 0) is 82.1 Å². The summed E-state index contributed by atoms with van der Waals surface area (Å²) in [5.74, 6) is 1.80. The van der Waals surface area contributed by atoms with Gasteiger partial charge in [0, 0.05) is 38.6 Å². The van der Waals surface area contributed by atoms with Crippen molar-refractivity contribution in [3.8, 4) is 0 Å². The van der Waals surface area contributed by atoms with E-state index in [9.17, 15) is 9.59 Å². The largest absolute Gasteiger partial charge is 0.469 e. The van der Waals surface area contributed by atoms with Crippen LogP contribution in [0.2, 0.25) is 0 Å². The number of carbonyl (C=O) groups is 2. The molecule has 5 unspecified atom stereocenters. The number of methoxy groups -OCH3 is 1. The number of benzene rings is 1. The van der Waals surface area contributed by atoms with Crippen LogP contribution in [0.5, 0.6) is 0 Å². The first-order valence-electron chi connectivity index (χ1n) is 15.3. The zero-order chi connectivity index (χ0) is 27.3. The summed E-state index contributed by atoms with van der Waals surface area (Å²) in [6.45, 7) is 8.78. The second kappa shape index (κ2) is 16.4. The number of esters is 1. The molecule has 1 aliphatic carbocycles. The minimum absolute atomic E-state index is 0.0450. The molecule has 2 fully saturated rings. The topological polar surface area (TPSA) is 61.8 Å². The summed E-state index contributed by atoms with van der Waals surface area (Å²) in [7, 11) is 1.43. The Balaban J connectivity index is 1.65. The number of rotatable bonds is 14. The molecule has 0 amide bonds. The van der Waals surface area contributed by atoms with Gasteiger partial charge in [-0.3, -0.25) is 9.59 Å². The van der Waals surface area contributed by atoms with E-state index in [2.05, 4.69) is 39.0 Å². The first-order chi connectivity index (χ1) is 18.4. The van der Waals surface area contributed by atoms with Gasteiger partial charge in [-0.15, -0.1) is 0 Å². The summed E-state index contributed by atoms with van der Waals surface area (Å²) in [4.78, 5) is 25.2. The van der Waals surface area contributed by atoms with Gasteiger partial charge < -0.3 is 14.2 Å². The van der Waals surface area contributed by atoms with E-state index >= 15 is 0 Å². The standard InChI is InChI=1S/C33H52O5/c1-5-10-26(20-27-11-6-7-15-37-23-27)21-31(34)28-12-8-13-29(22-28)33(38-16-9-14-32(35)36-4)30-18-24(2)17-25(3)19-30/h17-19,26-29,33H,5-16,20-23H2,1-4H3. The molecule has 0 aromatic heterocycles. The Hall–Kier alpha value is -1.72. The van der Waals surface area contributed by atoms with E-state index in [-0.39, 0.29) is 18.0 Å². The summed E-state index contributed by atoms with van der Waals surface area (Å²) >= 11 is 0. The fraction of sp³-hybridized carbons (Fsp3) is 0.758. The lowest BCUT2D eigenvalue weighted by molar-refractivity contribution is -0.141. The highest BCUT2D eigenvalue weighted by molar-refractivity contribution is 5.81. The minimum Gasteiger partial charge on any atom is -0.469 e. The van der Waals surface area contributed by atoms with Crippen molar-refractivity contribution in [2.45, 2.75) is 110 Å². The van der Waals surface area contributed by atoms with Gasteiger partial charge >= 0.3 is 5.97 Å². The smallest absolute Gasteiger partial charge is 0.305 e. The predicted molar refractivity (Wildman–Crippen MR) is 152 cm³/mol. The molecule has 1 saturated carbocycles. The predicted octanol–water partition coefficient (Wildman–Crippen LogP) is 7.70. The molecular formula is C33H52O5. The van der Waals surface area contributed by atoms with E-state index in [0.717, 1.165) is 64.6 Å². The number of carbonyl (C=O) groups excluding carboxylic acids is 2. The fourth-order valence-corrected chi connectivity index (χ4v) is 6.79. The van der Waals surface area contributed by atoms with Crippen LogP contribution in [0.4, 0.5) is 0 Å². The molecule has 1 heterocycles. The van der Waals surface area contributed by atoms with Gasteiger partial charge in [-0.25, -0.2) is 0 Å². The summed E-state index contributed by atoms with van der Waals surface area (Å²) in [5, 5.41) is 0. The van der Waals surface area contributed by atoms with Crippen molar-refractivity contribution >= 4 is 11.8 Å². The fourth-order valence-electron chi connectivity index (χ4n) is 6.79. The number of hydrogen-bond donors (Lipinski definition) is 0. The van der Waals surface area contributed by atoms with Crippen LogP contribution in [0.25, 0.3) is 0 Å². The Morgan fingerprint density at radius 1 is 1.05 bits per heavy atom. The molecule has 2 aliphatic rings. The van der Waals surface area contributed by atoms with Crippen LogP contribution in [-0.4, -0.2) is 38.7 Å². The van der Waals surface area contributed by atoms with Crippen LogP contribution in [0.1, 0.15) is 113 Å². The second-order valence-corrected chi connectivity index (χ2v) is 12.0. The highest BCUT2D eigenvalue weighted by Crippen LogP contribution is 2.41.